The number of carbonyl (C=O) groups is 2. The van der Waals surface area contributed by atoms with Crippen molar-refractivity contribution in [2.75, 3.05) is 26.7 Å². The molecule has 4 aromatic carbocycles. The third-order valence-corrected chi connectivity index (χ3v) is 25.6. The summed E-state index contributed by atoms with van der Waals surface area (Å²) in [5.41, 5.74) is 7.29. The number of aliphatic hydroxyl groups is 2. The summed E-state index contributed by atoms with van der Waals surface area (Å²) in [5.74, 6) is 8.79. The number of piperidine rings is 1. The van der Waals surface area contributed by atoms with Crippen molar-refractivity contribution in [2.24, 2.45) is 63.6 Å². The number of rotatable bonds is 7. The number of phenols is 1. The first-order chi connectivity index (χ1) is 44.2. The van der Waals surface area contributed by atoms with Gasteiger partial charge in [-0.05, 0) is 252 Å². The number of fused-ring (bicyclic) bond motifs is 5. The Hall–Kier alpha value is -6.10. The van der Waals surface area contributed by atoms with Crippen LogP contribution in [0.4, 0.5) is 0 Å². The molecular weight excluding hydrogens is 1130 g/mol. The van der Waals surface area contributed by atoms with E-state index in [1.807, 2.05) is 19.1 Å². The molecule has 13 atom stereocenters. The Kier molecular flexibility index (Phi) is 16.3. The molecule has 13 aliphatic rings. The summed E-state index contributed by atoms with van der Waals surface area (Å²) in [6, 6.07) is 34.1. The molecule has 2 spiro atoms. The molecule has 11 nitrogen and oxygen atoms in total. The van der Waals surface area contributed by atoms with Crippen LogP contribution in [0.2, 0.25) is 0 Å². The van der Waals surface area contributed by atoms with Crippen molar-refractivity contribution in [3.63, 3.8) is 0 Å². The lowest BCUT2D eigenvalue weighted by atomic mass is 9.44. The van der Waals surface area contributed by atoms with E-state index in [9.17, 15) is 15.3 Å². The second-order valence-electron chi connectivity index (χ2n) is 30.4. The number of phenolic OH excluding ortho intramolecular Hbond substituents is 1. The molecule has 0 amide bonds. The molecule has 91 heavy (non-hydrogen) atoms. The van der Waals surface area contributed by atoms with Gasteiger partial charge in [-0.1, -0.05) is 130 Å². The van der Waals surface area contributed by atoms with E-state index >= 15 is 9.59 Å². The fraction of sp³-hybridized carbons (Fsp3) is 0.550. The smallest absolute Gasteiger partial charge is 0.340 e. The van der Waals surface area contributed by atoms with Gasteiger partial charge in [0.25, 0.3) is 0 Å². The zero-order chi connectivity index (χ0) is 62.3. The molecule has 4 aromatic rings. The van der Waals surface area contributed by atoms with Crippen molar-refractivity contribution in [3.8, 4) is 28.7 Å². The van der Waals surface area contributed by atoms with E-state index in [-0.39, 0.29) is 76.7 Å². The number of hydrogen-bond acceptors (Lipinski definition) is 11. The molecule has 4 saturated carbocycles. The molecule has 478 valence electrons. The number of carbonyl (C=O) groups excluding carboxylic acids is 2. The first-order valence-electron chi connectivity index (χ1n) is 35.4. The van der Waals surface area contributed by atoms with E-state index in [0.717, 1.165) is 180 Å². The van der Waals surface area contributed by atoms with Gasteiger partial charge in [0.05, 0.1) is 33.8 Å². The fourth-order valence-electron chi connectivity index (χ4n) is 20.9. The highest BCUT2D eigenvalue weighted by molar-refractivity contribution is 6.07. The predicted octanol–water partition coefficient (Wildman–Crippen LogP) is 13.7. The average Bonchev–Trinajstić information content (AvgIpc) is 1.55. The molecule has 7 aliphatic carbocycles. The monoisotopic (exact) mass is 1220 g/mol. The Morgan fingerprint density at radius 1 is 0.769 bits per heavy atom. The molecule has 7 N–H and O–H groups in total. The van der Waals surface area contributed by atoms with Gasteiger partial charge >= 0.3 is 11.9 Å². The van der Waals surface area contributed by atoms with Crippen LogP contribution in [-0.4, -0.2) is 71.3 Å². The standard InChI is InChI=1S/C80H96N4O7/c1-4-50(39-51-15-7-5-8-16-51)42-67-80-36-26-61-62-23-24-63-66(90-74(86)70(63)71(62)80)27-34-77(57-29-38-83-68(44-57)81-3)46-56-43-58(79(89)32-11-12-33-79)25-35-78(30-9-6-10-31-78)76(2,88)49-84-73(65(56)47-77)55-20-13-17-52(40-55)28-37-82-48-53-18-14-19-54(41-53)60-22-21-59(85)45-64(60)69(61)72(80)75(87)91-67/h5,7-8,13-22,27,40-42,45,50,56-58,61-62,65,68,71,73,81-85,88-89H,4,6,9-12,23-24,26,28-34,36-39,43-44,46-49H2,1-3H3. The Morgan fingerprint density at radius 3 is 2.41 bits per heavy atom. The number of hydrogen-bond donors (Lipinski definition) is 7. The van der Waals surface area contributed by atoms with Crippen LogP contribution in [0.25, 0.3) is 16.7 Å². The summed E-state index contributed by atoms with van der Waals surface area (Å²) in [5, 5.41) is 53.3. The molecule has 2 saturated heterocycles. The Bertz CT molecular complexity index is 3670. The Morgan fingerprint density at radius 2 is 1.58 bits per heavy atom. The molecule has 11 heteroatoms. The number of cyclic esters (lactones) is 1. The van der Waals surface area contributed by atoms with Crippen molar-refractivity contribution in [3.05, 3.63) is 165 Å². The van der Waals surface area contributed by atoms with E-state index < -0.39 is 22.0 Å². The van der Waals surface area contributed by atoms with Crippen LogP contribution >= 0.6 is 0 Å². The summed E-state index contributed by atoms with van der Waals surface area (Å²) >= 11 is 0. The molecular formula is C80H96N4O7. The maximum absolute atomic E-state index is 15.6. The van der Waals surface area contributed by atoms with Crippen molar-refractivity contribution in [1.29, 1.82) is 0 Å². The number of nitrogens with one attached hydrogen (secondary N) is 4. The minimum atomic E-state index is -1.13. The highest BCUT2D eigenvalue weighted by atomic mass is 16.6. The number of β-amino-alcohol motifs (C(OH)–C–C–N with tert-alkyl or cyclic N) is 1. The van der Waals surface area contributed by atoms with Crippen molar-refractivity contribution in [1.82, 2.24) is 21.3 Å². The minimum absolute atomic E-state index is 0.00928. The lowest BCUT2D eigenvalue weighted by Crippen LogP contribution is -2.54. The Balaban J connectivity index is 0.911. The first kappa shape index (κ1) is 61.1. The third-order valence-electron chi connectivity index (χ3n) is 25.6. The molecule has 17 rings (SSSR count). The van der Waals surface area contributed by atoms with E-state index in [2.05, 4.69) is 138 Å². The second kappa shape index (κ2) is 24.3. The highest BCUT2D eigenvalue weighted by Crippen LogP contribution is 2.73. The molecule has 0 aromatic heterocycles. The van der Waals surface area contributed by atoms with Crippen molar-refractivity contribution >= 4 is 17.5 Å². The van der Waals surface area contributed by atoms with Crippen LogP contribution in [0.1, 0.15) is 176 Å². The van der Waals surface area contributed by atoms with Gasteiger partial charge in [0.2, 0.25) is 0 Å². The van der Waals surface area contributed by atoms with Crippen molar-refractivity contribution in [2.45, 2.75) is 185 Å². The number of benzene rings is 4. The maximum atomic E-state index is 15.6. The second-order valence-corrected chi connectivity index (χ2v) is 30.4. The van der Waals surface area contributed by atoms with Gasteiger partial charge in [0.15, 0.2) is 0 Å². The molecule has 6 fully saturated rings. The zero-order valence-corrected chi connectivity index (χ0v) is 54.0. The third kappa shape index (κ3) is 10.7. The first-order valence-corrected chi connectivity index (χ1v) is 35.4. The van der Waals surface area contributed by atoms with Crippen LogP contribution in [-0.2, 0) is 38.4 Å². The highest BCUT2D eigenvalue weighted by Gasteiger charge is 2.69. The van der Waals surface area contributed by atoms with Crippen LogP contribution in [0.5, 0.6) is 5.75 Å². The van der Waals surface area contributed by atoms with Gasteiger partial charge in [-0.3, -0.25) is 0 Å². The molecule has 0 radical (unpaired) electrons. The van der Waals surface area contributed by atoms with Crippen molar-refractivity contribution < 1.29 is 34.4 Å². The lowest BCUT2D eigenvalue weighted by Gasteiger charge is -2.56. The van der Waals surface area contributed by atoms with E-state index in [1.54, 1.807) is 6.07 Å². The van der Waals surface area contributed by atoms with Gasteiger partial charge in [0, 0.05) is 42.1 Å². The van der Waals surface area contributed by atoms with E-state index in [0.29, 0.717) is 48.9 Å². The van der Waals surface area contributed by atoms with Crippen LogP contribution in [0, 0.1) is 75.4 Å². The van der Waals surface area contributed by atoms with Gasteiger partial charge in [-0.25, -0.2) is 9.59 Å². The quantitative estimate of drug-likeness (QED) is 0.0697. The summed E-state index contributed by atoms with van der Waals surface area (Å²) in [4.78, 5) is 31.1. The largest absolute Gasteiger partial charge is 0.508 e. The predicted molar refractivity (Wildman–Crippen MR) is 356 cm³/mol. The summed E-state index contributed by atoms with van der Waals surface area (Å²) in [6.07, 6.45) is 23.9. The maximum Gasteiger partial charge on any atom is 0.340 e. The van der Waals surface area contributed by atoms with E-state index in [4.69, 9.17) is 9.47 Å². The lowest BCUT2D eigenvalue weighted by molar-refractivity contribution is -0.135. The minimum Gasteiger partial charge on any atom is -0.508 e. The van der Waals surface area contributed by atoms with Gasteiger partial charge in [-0.15, -0.1) is 0 Å². The number of esters is 2. The Labute approximate surface area is 539 Å². The van der Waals surface area contributed by atoms with Gasteiger partial charge in [-0.2, -0.15) is 0 Å². The zero-order valence-electron chi connectivity index (χ0n) is 54.0. The average molecular weight is 1230 g/mol. The van der Waals surface area contributed by atoms with Gasteiger partial charge < -0.3 is 46.1 Å². The van der Waals surface area contributed by atoms with Gasteiger partial charge in [0.1, 0.15) is 17.3 Å². The molecule has 6 aliphatic heterocycles. The summed E-state index contributed by atoms with van der Waals surface area (Å²) < 4.78 is 13.7. The number of allylic oxidation sites excluding steroid dienone is 5. The fourth-order valence-corrected chi connectivity index (χ4v) is 20.9. The molecule has 13 unspecified atom stereocenters. The van der Waals surface area contributed by atoms with E-state index in [1.165, 1.54) is 16.7 Å². The number of aromatic hydroxyl groups is 1. The van der Waals surface area contributed by atoms with Crippen LogP contribution in [0.3, 0.4) is 0 Å². The SMILES string of the molecule is CCC(C=C1OC(=O)C2=C3c4cc(O)ccc4-c4cccc(c4)CNCCc4cccc(c4)C4NCC(C)(O)C5(C#CC(C6(O)CCCC6)CC6CC(C7CCNC(NC)C7)(CC=C7OC(=O)C8=C7CCC7C3CCC12C87)CC64)CCCCC5)Cc1ccccc1. The summed E-state index contributed by atoms with van der Waals surface area (Å²) in [6.45, 7) is 6.98. The topological polar surface area (TPSA) is 161 Å². The normalized spacial score (nSPS) is 34.9. The number of ether oxygens (including phenoxy) is 2. The van der Waals surface area contributed by atoms with Crippen LogP contribution in [0.15, 0.2) is 137 Å². The molecule has 14 bridgehead atoms. The van der Waals surface area contributed by atoms with Crippen LogP contribution < -0.4 is 21.3 Å². The summed E-state index contributed by atoms with van der Waals surface area (Å²) in [7, 11) is 2.07. The molecule has 6 heterocycles.